The average molecular weight is 238 g/mol. The van der Waals surface area contributed by atoms with Gasteiger partial charge in [-0.15, -0.1) is 0 Å². The van der Waals surface area contributed by atoms with Gasteiger partial charge in [-0.25, -0.2) is 4.39 Å². The summed E-state index contributed by atoms with van der Waals surface area (Å²) in [5.41, 5.74) is 0.618. The maximum absolute atomic E-state index is 12.9. The quantitative estimate of drug-likeness (QED) is 0.776. The molecular weight excluding hydrogens is 219 g/mol. The van der Waals surface area contributed by atoms with Crippen LogP contribution >= 0.6 is 0 Å². The molecule has 94 valence electrons. The van der Waals surface area contributed by atoms with E-state index in [9.17, 15) is 9.50 Å². The van der Waals surface area contributed by atoms with Gasteiger partial charge in [-0.3, -0.25) is 0 Å². The molecule has 1 saturated heterocycles. The largest absolute Gasteiger partial charge is 0.506 e. The minimum atomic E-state index is -0.413. The molecule has 0 spiro atoms. The first kappa shape index (κ1) is 12.2. The zero-order chi connectivity index (χ0) is 12.4. The highest BCUT2D eigenvalue weighted by atomic mass is 19.1. The molecule has 1 fully saturated rings. The fourth-order valence-electron chi connectivity index (χ4n) is 2.40. The number of hydrogen-bond donors (Lipinski definition) is 2. The van der Waals surface area contributed by atoms with Crippen molar-refractivity contribution in [2.45, 2.75) is 19.4 Å². The molecule has 0 amide bonds. The van der Waals surface area contributed by atoms with Gasteiger partial charge in [-0.2, -0.15) is 0 Å². The zero-order valence-electron chi connectivity index (χ0n) is 10.3. The Bertz CT molecular complexity index is 397. The maximum atomic E-state index is 12.9. The lowest BCUT2D eigenvalue weighted by molar-refractivity contribution is 0.206. The monoisotopic (exact) mass is 238 g/mol. The van der Waals surface area contributed by atoms with Crippen molar-refractivity contribution in [3.8, 4) is 5.75 Å². The summed E-state index contributed by atoms with van der Waals surface area (Å²) in [6, 6.07) is 4.43. The van der Waals surface area contributed by atoms with Crippen molar-refractivity contribution in [2.24, 2.45) is 5.92 Å². The summed E-state index contributed by atoms with van der Waals surface area (Å²) in [5, 5.41) is 13.0. The van der Waals surface area contributed by atoms with E-state index in [0.29, 0.717) is 17.6 Å². The number of phenolic OH excluding ortho intramolecular Hbond substituents is 1. The number of hydrogen-bond acceptors (Lipinski definition) is 3. The van der Waals surface area contributed by atoms with Crippen molar-refractivity contribution in [3.05, 3.63) is 24.0 Å². The van der Waals surface area contributed by atoms with E-state index in [2.05, 4.69) is 24.2 Å². The van der Waals surface area contributed by atoms with Crippen LogP contribution in [0.2, 0.25) is 0 Å². The summed E-state index contributed by atoms with van der Waals surface area (Å²) in [4.78, 5) is 2.30. The third-order valence-electron chi connectivity index (χ3n) is 3.41. The van der Waals surface area contributed by atoms with Gasteiger partial charge in [0, 0.05) is 18.7 Å². The molecule has 0 aromatic heterocycles. The predicted molar refractivity (Wildman–Crippen MR) is 66.8 cm³/mol. The van der Waals surface area contributed by atoms with Crippen LogP contribution in [0.15, 0.2) is 18.2 Å². The van der Waals surface area contributed by atoms with Gasteiger partial charge in [-0.1, -0.05) is 6.92 Å². The fraction of sp³-hybridized carbons (Fsp3) is 0.538. The van der Waals surface area contributed by atoms with Crippen LogP contribution in [0.25, 0.3) is 0 Å². The van der Waals surface area contributed by atoms with Gasteiger partial charge < -0.3 is 15.3 Å². The molecule has 1 heterocycles. The molecule has 0 bridgehead atoms. The number of nitrogens with one attached hydrogen (secondary N) is 1. The van der Waals surface area contributed by atoms with E-state index >= 15 is 0 Å². The number of rotatable bonds is 2. The van der Waals surface area contributed by atoms with E-state index < -0.39 is 5.82 Å². The summed E-state index contributed by atoms with van der Waals surface area (Å²) in [7, 11) is 2.11. The molecule has 0 saturated carbocycles. The van der Waals surface area contributed by atoms with Crippen LogP contribution in [-0.2, 0) is 0 Å². The first-order chi connectivity index (χ1) is 8.06. The van der Waals surface area contributed by atoms with E-state index in [4.69, 9.17) is 0 Å². The number of nitrogens with zero attached hydrogens (tertiary/aromatic N) is 1. The van der Waals surface area contributed by atoms with Crippen LogP contribution in [0.1, 0.15) is 13.3 Å². The highest BCUT2D eigenvalue weighted by Gasteiger charge is 2.24. The van der Waals surface area contributed by atoms with Crippen LogP contribution in [-0.4, -0.2) is 36.2 Å². The Hall–Kier alpha value is -1.29. The van der Waals surface area contributed by atoms with E-state index in [1.807, 2.05) is 0 Å². The molecule has 2 atom stereocenters. The topological polar surface area (TPSA) is 35.5 Å². The lowest BCUT2D eigenvalue weighted by Gasteiger charge is -2.35. The average Bonchev–Trinajstić information content (AvgIpc) is 2.25. The van der Waals surface area contributed by atoms with Crippen LogP contribution in [0.5, 0.6) is 5.75 Å². The number of aromatic hydroxyl groups is 1. The summed E-state index contributed by atoms with van der Waals surface area (Å²) in [5.74, 6) is 0.0822. The van der Waals surface area contributed by atoms with E-state index in [-0.39, 0.29) is 5.75 Å². The first-order valence-corrected chi connectivity index (χ1v) is 6.00. The second kappa shape index (κ2) is 4.92. The molecule has 1 aromatic carbocycles. The number of halogens is 1. The Morgan fingerprint density at radius 2 is 2.24 bits per heavy atom. The normalized spacial score (nSPS) is 25.8. The Morgan fingerprint density at radius 3 is 2.88 bits per heavy atom. The van der Waals surface area contributed by atoms with Crippen LogP contribution in [0.3, 0.4) is 0 Å². The van der Waals surface area contributed by atoms with Gasteiger partial charge in [0.1, 0.15) is 11.6 Å². The molecule has 1 aliphatic rings. The predicted octanol–water partition coefficient (Wildman–Crippen LogP) is 2.28. The van der Waals surface area contributed by atoms with Gasteiger partial charge in [0.2, 0.25) is 0 Å². The maximum Gasteiger partial charge on any atom is 0.141 e. The molecule has 4 heteroatoms. The van der Waals surface area contributed by atoms with E-state index in [1.54, 1.807) is 6.07 Å². The number of likely N-dealkylation sites (tertiary alicyclic amines) is 1. The summed E-state index contributed by atoms with van der Waals surface area (Å²) in [6.45, 7) is 4.28. The van der Waals surface area contributed by atoms with Crippen LogP contribution in [0, 0.1) is 11.7 Å². The molecule has 0 radical (unpaired) electrons. The number of phenols is 1. The Kier molecular flexibility index (Phi) is 3.52. The Morgan fingerprint density at radius 1 is 1.47 bits per heavy atom. The summed E-state index contributed by atoms with van der Waals surface area (Å²) < 4.78 is 12.9. The summed E-state index contributed by atoms with van der Waals surface area (Å²) in [6.07, 6.45) is 1.04. The third-order valence-corrected chi connectivity index (χ3v) is 3.41. The van der Waals surface area contributed by atoms with Crippen LogP contribution < -0.4 is 5.32 Å². The van der Waals surface area contributed by atoms with E-state index in [1.165, 1.54) is 6.07 Å². The standard InChI is InChI=1S/C13H19FN2O/c1-9-8-16(2)6-5-11(9)15-12-4-3-10(14)7-13(12)17/h3-4,7,9,11,15,17H,5-6,8H2,1-2H3. The number of benzene rings is 1. The zero-order valence-corrected chi connectivity index (χ0v) is 10.3. The minimum absolute atomic E-state index is 0.0175. The van der Waals surface area contributed by atoms with Crippen LogP contribution in [0.4, 0.5) is 10.1 Å². The minimum Gasteiger partial charge on any atom is -0.506 e. The molecular formula is C13H19FN2O. The number of piperidine rings is 1. The molecule has 0 aliphatic carbocycles. The highest BCUT2D eigenvalue weighted by molar-refractivity contribution is 5.56. The van der Waals surface area contributed by atoms with Crippen molar-refractivity contribution in [1.82, 2.24) is 4.90 Å². The molecule has 17 heavy (non-hydrogen) atoms. The van der Waals surface area contributed by atoms with Crippen molar-refractivity contribution < 1.29 is 9.50 Å². The SMILES string of the molecule is CC1CN(C)CCC1Nc1ccc(F)cc1O. The van der Waals surface area contributed by atoms with Gasteiger partial charge in [0.15, 0.2) is 0 Å². The molecule has 1 aromatic rings. The highest BCUT2D eigenvalue weighted by Crippen LogP contribution is 2.27. The third kappa shape index (κ3) is 2.88. The van der Waals surface area contributed by atoms with Gasteiger partial charge in [-0.05, 0) is 38.1 Å². The lowest BCUT2D eigenvalue weighted by atomic mass is 9.94. The Labute approximate surface area is 101 Å². The second-order valence-electron chi connectivity index (χ2n) is 4.94. The molecule has 2 unspecified atom stereocenters. The fourth-order valence-corrected chi connectivity index (χ4v) is 2.40. The first-order valence-electron chi connectivity index (χ1n) is 6.00. The number of anilines is 1. The molecule has 2 rings (SSSR count). The summed E-state index contributed by atoms with van der Waals surface area (Å²) >= 11 is 0. The Balaban J connectivity index is 2.05. The van der Waals surface area contributed by atoms with Crippen molar-refractivity contribution in [1.29, 1.82) is 0 Å². The van der Waals surface area contributed by atoms with Crippen molar-refractivity contribution in [2.75, 3.05) is 25.5 Å². The van der Waals surface area contributed by atoms with Crippen molar-refractivity contribution in [3.63, 3.8) is 0 Å². The second-order valence-corrected chi connectivity index (χ2v) is 4.94. The van der Waals surface area contributed by atoms with Gasteiger partial charge in [0.25, 0.3) is 0 Å². The molecule has 3 nitrogen and oxygen atoms in total. The molecule has 1 aliphatic heterocycles. The lowest BCUT2D eigenvalue weighted by Crippen LogP contribution is -2.43. The molecule has 2 N–H and O–H groups in total. The van der Waals surface area contributed by atoms with Gasteiger partial charge in [0.05, 0.1) is 5.69 Å². The smallest absolute Gasteiger partial charge is 0.141 e. The van der Waals surface area contributed by atoms with Crippen molar-refractivity contribution >= 4 is 5.69 Å². The van der Waals surface area contributed by atoms with E-state index in [0.717, 1.165) is 25.6 Å². The van der Waals surface area contributed by atoms with Gasteiger partial charge >= 0.3 is 0 Å².